The quantitative estimate of drug-likeness (QED) is 0.921. The van der Waals surface area contributed by atoms with Gasteiger partial charge in [0.15, 0.2) is 0 Å². The lowest BCUT2D eigenvalue weighted by Crippen LogP contribution is -2.20. The summed E-state index contributed by atoms with van der Waals surface area (Å²) in [7, 11) is 3.87. The second-order valence-corrected chi connectivity index (χ2v) is 5.99. The molecule has 0 radical (unpaired) electrons. The molecular weight excluding hydrogens is 278 g/mol. The van der Waals surface area contributed by atoms with Crippen molar-refractivity contribution < 1.29 is 4.79 Å². The highest BCUT2D eigenvalue weighted by Crippen LogP contribution is 2.40. The van der Waals surface area contributed by atoms with Crippen LogP contribution in [0.25, 0.3) is 0 Å². The number of hydrogen-bond donors (Lipinski definition) is 1. The van der Waals surface area contributed by atoms with Crippen LogP contribution < -0.4 is 10.2 Å². The van der Waals surface area contributed by atoms with Crippen LogP contribution in [-0.2, 0) is 0 Å². The first-order valence-corrected chi connectivity index (χ1v) is 7.54. The van der Waals surface area contributed by atoms with Gasteiger partial charge in [-0.2, -0.15) is 5.10 Å². The molecule has 1 aliphatic rings. The van der Waals surface area contributed by atoms with Gasteiger partial charge in [-0.25, -0.2) is 4.68 Å². The summed E-state index contributed by atoms with van der Waals surface area (Å²) >= 11 is 0. The van der Waals surface area contributed by atoms with E-state index in [0.29, 0.717) is 17.7 Å². The molecule has 1 saturated carbocycles. The van der Waals surface area contributed by atoms with Crippen LogP contribution in [0.4, 0.5) is 11.5 Å². The fourth-order valence-electron chi connectivity index (χ4n) is 2.52. The van der Waals surface area contributed by atoms with E-state index in [0.717, 1.165) is 11.5 Å². The highest BCUT2D eigenvalue weighted by atomic mass is 16.2. The summed E-state index contributed by atoms with van der Waals surface area (Å²) < 4.78 is 1.89. The van der Waals surface area contributed by atoms with Crippen LogP contribution in [0.3, 0.4) is 0 Å². The Bertz CT molecular complexity index is 675. The Hall–Kier alpha value is -2.37. The Morgan fingerprint density at radius 2 is 2.14 bits per heavy atom. The van der Waals surface area contributed by atoms with Crippen molar-refractivity contribution >= 4 is 17.4 Å². The van der Waals surface area contributed by atoms with Gasteiger partial charge in [-0.05, 0) is 37.8 Å². The molecule has 6 heteroatoms. The second kappa shape index (κ2) is 5.79. The number of carbonyl (C=O) groups is 1. The summed E-state index contributed by atoms with van der Waals surface area (Å²) in [6.07, 6.45) is 5.84. The molecule has 1 aliphatic carbocycles. The number of carbonyl (C=O) groups excluding carboxylic acids is 1. The lowest BCUT2D eigenvalue weighted by molar-refractivity contribution is 0.102. The van der Waals surface area contributed by atoms with Gasteiger partial charge in [-0.15, -0.1) is 0 Å². The normalized spacial score (nSPS) is 15.4. The van der Waals surface area contributed by atoms with Crippen LogP contribution in [0.15, 0.2) is 30.6 Å². The Balaban J connectivity index is 1.77. The van der Waals surface area contributed by atoms with Crippen molar-refractivity contribution in [2.75, 3.05) is 24.3 Å². The van der Waals surface area contributed by atoms with E-state index < -0.39 is 0 Å². The molecule has 22 heavy (non-hydrogen) atoms. The molecule has 2 aromatic rings. The van der Waals surface area contributed by atoms with Gasteiger partial charge >= 0.3 is 0 Å². The third kappa shape index (κ3) is 2.95. The van der Waals surface area contributed by atoms with Crippen molar-refractivity contribution in [1.82, 2.24) is 14.8 Å². The van der Waals surface area contributed by atoms with Gasteiger partial charge < -0.3 is 10.2 Å². The largest absolute Gasteiger partial charge is 0.378 e. The van der Waals surface area contributed by atoms with Gasteiger partial charge in [-0.3, -0.25) is 9.78 Å². The van der Waals surface area contributed by atoms with Crippen molar-refractivity contribution in [3.63, 3.8) is 0 Å². The first kappa shape index (κ1) is 14.6. The number of nitrogens with one attached hydrogen (secondary N) is 1. The minimum Gasteiger partial charge on any atom is -0.378 e. The Labute approximate surface area is 130 Å². The topological polar surface area (TPSA) is 63.1 Å². The number of aromatic nitrogens is 3. The van der Waals surface area contributed by atoms with E-state index >= 15 is 0 Å². The van der Waals surface area contributed by atoms with Gasteiger partial charge in [0.25, 0.3) is 5.91 Å². The molecule has 0 spiro atoms. The standard InChI is InChI=1S/C16H21N5O/c1-11(12-4-5-12)21-15(7-9-18-21)19-16(22)14-10-13(20(2)3)6-8-17-14/h6-12H,4-5H2,1-3H3,(H,19,22)/t11-/m0/s1. The summed E-state index contributed by atoms with van der Waals surface area (Å²) in [6, 6.07) is 5.79. The van der Waals surface area contributed by atoms with Gasteiger partial charge in [0.05, 0.1) is 12.2 Å². The molecule has 0 saturated heterocycles. The molecular formula is C16H21N5O. The Morgan fingerprint density at radius 1 is 1.36 bits per heavy atom. The molecule has 1 N–H and O–H groups in total. The highest BCUT2D eigenvalue weighted by Gasteiger charge is 2.30. The first-order valence-electron chi connectivity index (χ1n) is 7.54. The van der Waals surface area contributed by atoms with E-state index in [4.69, 9.17) is 0 Å². The predicted octanol–water partition coefficient (Wildman–Crippen LogP) is 2.57. The lowest BCUT2D eigenvalue weighted by atomic mass is 10.2. The molecule has 0 aliphatic heterocycles. The molecule has 0 aromatic carbocycles. The molecule has 2 aromatic heterocycles. The summed E-state index contributed by atoms with van der Waals surface area (Å²) in [4.78, 5) is 18.5. The molecule has 2 heterocycles. The zero-order valence-electron chi connectivity index (χ0n) is 13.2. The maximum atomic E-state index is 12.4. The zero-order valence-corrected chi connectivity index (χ0v) is 13.2. The van der Waals surface area contributed by atoms with Gasteiger partial charge in [-0.1, -0.05) is 0 Å². The van der Waals surface area contributed by atoms with Crippen LogP contribution in [-0.4, -0.2) is 34.8 Å². The van der Waals surface area contributed by atoms with E-state index in [1.807, 2.05) is 35.8 Å². The maximum absolute atomic E-state index is 12.4. The summed E-state index contributed by atoms with van der Waals surface area (Å²) in [6.45, 7) is 2.14. The number of pyridine rings is 1. The van der Waals surface area contributed by atoms with E-state index in [-0.39, 0.29) is 5.91 Å². The lowest BCUT2D eigenvalue weighted by Gasteiger charge is -2.16. The summed E-state index contributed by atoms with van der Waals surface area (Å²) in [5.41, 5.74) is 1.35. The Morgan fingerprint density at radius 3 is 2.82 bits per heavy atom. The third-order valence-corrected chi connectivity index (χ3v) is 4.09. The number of nitrogens with zero attached hydrogens (tertiary/aromatic N) is 4. The second-order valence-electron chi connectivity index (χ2n) is 5.99. The van der Waals surface area contributed by atoms with Crippen molar-refractivity contribution in [2.24, 2.45) is 5.92 Å². The molecule has 3 rings (SSSR count). The SMILES string of the molecule is C[C@@H](C1CC1)n1nccc1NC(=O)c1cc(N(C)C)ccn1. The fourth-order valence-corrected chi connectivity index (χ4v) is 2.52. The van der Waals surface area contributed by atoms with Crippen molar-refractivity contribution in [3.8, 4) is 0 Å². The summed E-state index contributed by atoms with van der Waals surface area (Å²) in [5.74, 6) is 1.18. The van der Waals surface area contributed by atoms with Crippen LogP contribution in [0, 0.1) is 5.92 Å². The minimum absolute atomic E-state index is 0.214. The van der Waals surface area contributed by atoms with Crippen LogP contribution >= 0.6 is 0 Å². The van der Waals surface area contributed by atoms with Crippen molar-refractivity contribution in [2.45, 2.75) is 25.8 Å². The summed E-state index contributed by atoms with van der Waals surface area (Å²) in [5, 5.41) is 7.26. The predicted molar refractivity (Wildman–Crippen MR) is 86.2 cm³/mol. The van der Waals surface area contributed by atoms with E-state index in [1.54, 1.807) is 18.5 Å². The van der Waals surface area contributed by atoms with Crippen LogP contribution in [0.5, 0.6) is 0 Å². The van der Waals surface area contributed by atoms with E-state index in [1.165, 1.54) is 12.8 Å². The number of anilines is 2. The van der Waals surface area contributed by atoms with E-state index in [2.05, 4.69) is 22.3 Å². The number of rotatable bonds is 5. The molecule has 6 nitrogen and oxygen atoms in total. The first-order chi connectivity index (χ1) is 10.6. The highest BCUT2D eigenvalue weighted by molar-refractivity contribution is 6.02. The third-order valence-electron chi connectivity index (χ3n) is 4.09. The van der Waals surface area contributed by atoms with E-state index in [9.17, 15) is 4.79 Å². The molecule has 0 bridgehead atoms. The zero-order chi connectivity index (χ0) is 15.7. The number of hydrogen-bond acceptors (Lipinski definition) is 4. The minimum atomic E-state index is -0.214. The monoisotopic (exact) mass is 299 g/mol. The van der Waals surface area contributed by atoms with Gasteiger partial charge in [0, 0.05) is 32.0 Å². The molecule has 1 fully saturated rings. The van der Waals surface area contributed by atoms with Crippen molar-refractivity contribution in [3.05, 3.63) is 36.3 Å². The molecule has 1 amide bonds. The Kier molecular flexibility index (Phi) is 3.83. The molecule has 116 valence electrons. The van der Waals surface area contributed by atoms with Crippen molar-refractivity contribution in [1.29, 1.82) is 0 Å². The van der Waals surface area contributed by atoms with Gasteiger partial charge in [0.2, 0.25) is 0 Å². The number of amides is 1. The smallest absolute Gasteiger partial charge is 0.275 e. The average Bonchev–Trinajstić information content (AvgIpc) is 3.27. The van der Waals surface area contributed by atoms with Crippen LogP contribution in [0.1, 0.15) is 36.3 Å². The molecule has 0 unspecified atom stereocenters. The van der Waals surface area contributed by atoms with Gasteiger partial charge in [0.1, 0.15) is 11.5 Å². The van der Waals surface area contributed by atoms with Crippen LogP contribution in [0.2, 0.25) is 0 Å². The maximum Gasteiger partial charge on any atom is 0.275 e. The average molecular weight is 299 g/mol. The fraction of sp³-hybridized carbons (Fsp3) is 0.438. The molecule has 1 atom stereocenters.